The van der Waals surface area contributed by atoms with Crippen molar-refractivity contribution < 1.29 is 19.0 Å². The van der Waals surface area contributed by atoms with Crippen LogP contribution in [0.3, 0.4) is 0 Å². The zero-order valence-electron chi connectivity index (χ0n) is 14.5. The molecule has 132 valence electrons. The SMILES string of the molecule is COc1ccc(/C=C/C(=O)c2cc(OC)c(OC)c([Se]C)c2)cc1Br. The summed E-state index contributed by atoms with van der Waals surface area (Å²) < 4.78 is 17.8. The van der Waals surface area contributed by atoms with Crippen LogP contribution in [0.25, 0.3) is 6.08 Å². The first kappa shape index (κ1) is 19.6. The van der Waals surface area contributed by atoms with Gasteiger partial charge >= 0.3 is 163 Å². The van der Waals surface area contributed by atoms with Crippen molar-refractivity contribution in [2.24, 2.45) is 0 Å². The zero-order valence-corrected chi connectivity index (χ0v) is 17.8. The number of hydrogen-bond donors (Lipinski definition) is 0. The number of methoxy groups -OCH3 is 3. The third kappa shape index (κ3) is 4.66. The third-order valence-corrected chi connectivity index (χ3v) is 5.73. The van der Waals surface area contributed by atoms with Gasteiger partial charge in [-0.2, -0.15) is 0 Å². The van der Waals surface area contributed by atoms with E-state index in [9.17, 15) is 4.79 Å². The third-order valence-electron chi connectivity index (χ3n) is 3.55. The monoisotopic (exact) mass is 470 g/mol. The van der Waals surface area contributed by atoms with E-state index in [4.69, 9.17) is 14.2 Å². The maximum absolute atomic E-state index is 12.5. The van der Waals surface area contributed by atoms with Gasteiger partial charge < -0.3 is 0 Å². The van der Waals surface area contributed by atoms with Crippen LogP contribution in [0.1, 0.15) is 15.9 Å². The van der Waals surface area contributed by atoms with Crippen LogP contribution in [-0.4, -0.2) is 42.1 Å². The Labute approximate surface area is 162 Å². The molecule has 0 radical (unpaired) electrons. The molecule has 0 saturated heterocycles. The summed E-state index contributed by atoms with van der Waals surface area (Å²) in [6.07, 6.45) is 3.34. The summed E-state index contributed by atoms with van der Waals surface area (Å²) in [5.74, 6) is 4.01. The quantitative estimate of drug-likeness (QED) is 0.352. The summed E-state index contributed by atoms with van der Waals surface area (Å²) in [4.78, 5) is 12.5. The summed E-state index contributed by atoms with van der Waals surface area (Å²) in [6, 6.07) is 9.23. The molecule has 0 spiro atoms. The van der Waals surface area contributed by atoms with Crippen LogP contribution in [0.4, 0.5) is 0 Å². The molecule has 0 amide bonds. The van der Waals surface area contributed by atoms with Crippen molar-refractivity contribution in [3.05, 3.63) is 52.0 Å². The molecule has 0 bridgehead atoms. The average molecular weight is 470 g/mol. The van der Waals surface area contributed by atoms with Crippen molar-refractivity contribution in [2.45, 2.75) is 5.82 Å². The van der Waals surface area contributed by atoms with Gasteiger partial charge in [0.15, 0.2) is 0 Å². The van der Waals surface area contributed by atoms with Crippen LogP contribution in [0, 0.1) is 0 Å². The minimum atomic E-state index is -0.0848. The average Bonchev–Trinajstić information content (AvgIpc) is 2.64. The number of allylic oxidation sites excluding steroid dienone is 1. The number of ether oxygens (including phenoxy) is 3. The molecule has 0 fully saturated rings. The van der Waals surface area contributed by atoms with Gasteiger partial charge in [0.05, 0.1) is 0 Å². The normalized spacial score (nSPS) is 10.8. The maximum atomic E-state index is 12.5. The molecular formula is C19H19BrO4Se. The van der Waals surface area contributed by atoms with E-state index < -0.39 is 0 Å². The van der Waals surface area contributed by atoms with E-state index in [2.05, 4.69) is 21.8 Å². The second kappa shape index (κ2) is 9.09. The second-order valence-corrected chi connectivity index (χ2v) is 7.64. The molecule has 0 aliphatic carbocycles. The number of benzene rings is 2. The van der Waals surface area contributed by atoms with Gasteiger partial charge in [-0.25, -0.2) is 0 Å². The van der Waals surface area contributed by atoms with Crippen molar-refractivity contribution in [1.29, 1.82) is 0 Å². The Morgan fingerprint density at radius 2 is 1.76 bits per heavy atom. The predicted octanol–water partition coefficient (Wildman–Crippen LogP) is 3.75. The molecule has 6 heteroatoms. The van der Waals surface area contributed by atoms with Crippen LogP contribution in [0.15, 0.2) is 40.9 Å². The predicted molar refractivity (Wildman–Crippen MR) is 105 cm³/mol. The molecule has 2 rings (SSSR count). The first-order valence-corrected chi connectivity index (χ1v) is 10.8. The van der Waals surface area contributed by atoms with Crippen LogP contribution in [-0.2, 0) is 0 Å². The molecule has 0 N–H and O–H groups in total. The number of rotatable bonds is 7. The molecule has 0 heterocycles. The Morgan fingerprint density at radius 1 is 1.04 bits per heavy atom. The number of hydrogen-bond acceptors (Lipinski definition) is 4. The molecule has 0 unspecified atom stereocenters. The number of carbonyl (C=O) groups is 1. The zero-order chi connectivity index (χ0) is 18.4. The van der Waals surface area contributed by atoms with Gasteiger partial charge in [0.25, 0.3) is 0 Å². The van der Waals surface area contributed by atoms with Gasteiger partial charge in [0, 0.05) is 0 Å². The molecule has 25 heavy (non-hydrogen) atoms. The second-order valence-electron chi connectivity index (χ2n) is 5.01. The molecule has 2 aromatic rings. The van der Waals surface area contributed by atoms with E-state index in [-0.39, 0.29) is 20.7 Å². The number of halogens is 1. The summed E-state index contributed by atoms with van der Waals surface area (Å²) >= 11 is 3.62. The van der Waals surface area contributed by atoms with Crippen molar-refractivity contribution >= 4 is 47.2 Å². The molecule has 0 saturated carbocycles. The molecule has 0 aromatic heterocycles. The van der Waals surface area contributed by atoms with Gasteiger partial charge in [-0.3, -0.25) is 0 Å². The molecule has 4 nitrogen and oxygen atoms in total. The molecule has 2 aromatic carbocycles. The standard InChI is InChI=1S/C19H19BrO4Se/c1-22-16-8-6-12(9-14(16)20)5-7-15(21)13-10-17(23-2)19(24-3)18(11-13)25-4/h5-11H,1-4H3/b7-5+. The van der Waals surface area contributed by atoms with Crippen molar-refractivity contribution in [2.75, 3.05) is 21.3 Å². The van der Waals surface area contributed by atoms with Crippen LogP contribution in [0.5, 0.6) is 17.2 Å². The van der Waals surface area contributed by atoms with Crippen molar-refractivity contribution in [1.82, 2.24) is 0 Å². The van der Waals surface area contributed by atoms with Gasteiger partial charge in [-0.1, -0.05) is 0 Å². The Kier molecular flexibility index (Phi) is 7.11. The van der Waals surface area contributed by atoms with E-state index in [0.29, 0.717) is 17.1 Å². The molecule has 0 atom stereocenters. The van der Waals surface area contributed by atoms with Crippen LogP contribution < -0.4 is 18.7 Å². The van der Waals surface area contributed by atoms with E-state index in [0.717, 1.165) is 20.2 Å². The van der Waals surface area contributed by atoms with Gasteiger partial charge in [-0.15, -0.1) is 0 Å². The Hall–Kier alpha value is -1.75. The van der Waals surface area contributed by atoms with Gasteiger partial charge in [-0.05, 0) is 0 Å². The first-order valence-electron chi connectivity index (χ1n) is 7.40. The number of carbonyl (C=O) groups excluding carboxylic acids is 1. The Balaban J connectivity index is 2.30. The summed E-state index contributed by atoms with van der Waals surface area (Å²) in [6.45, 7) is 0. The summed E-state index contributed by atoms with van der Waals surface area (Å²) in [5.41, 5.74) is 1.49. The minimum absolute atomic E-state index is 0.0848. The summed E-state index contributed by atoms with van der Waals surface area (Å²) in [7, 11) is 4.79. The van der Waals surface area contributed by atoms with Gasteiger partial charge in [0.1, 0.15) is 0 Å². The molecule has 0 aliphatic rings. The van der Waals surface area contributed by atoms with Gasteiger partial charge in [0.2, 0.25) is 0 Å². The van der Waals surface area contributed by atoms with E-state index in [1.54, 1.807) is 39.5 Å². The van der Waals surface area contributed by atoms with E-state index in [1.165, 1.54) is 0 Å². The topological polar surface area (TPSA) is 44.8 Å². The molecular weight excluding hydrogens is 451 g/mol. The van der Waals surface area contributed by atoms with E-state index >= 15 is 0 Å². The Morgan fingerprint density at radius 3 is 2.32 bits per heavy atom. The van der Waals surface area contributed by atoms with Crippen LogP contribution in [0.2, 0.25) is 5.82 Å². The fraction of sp³-hybridized carbons (Fsp3) is 0.211. The molecule has 0 aliphatic heterocycles. The summed E-state index contributed by atoms with van der Waals surface area (Å²) in [5, 5.41) is 0. The fourth-order valence-corrected chi connectivity index (χ4v) is 4.12. The van der Waals surface area contributed by atoms with Crippen LogP contribution >= 0.6 is 15.9 Å². The van der Waals surface area contributed by atoms with Crippen molar-refractivity contribution in [3.8, 4) is 17.2 Å². The fourth-order valence-electron chi connectivity index (χ4n) is 2.28. The number of ketones is 1. The van der Waals surface area contributed by atoms with E-state index in [1.807, 2.05) is 24.3 Å². The van der Waals surface area contributed by atoms with Crippen molar-refractivity contribution in [3.63, 3.8) is 0 Å². The Bertz CT molecular complexity index is 777. The first-order chi connectivity index (χ1) is 12.0.